The number of aryl methyl sites for hydroxylation is 1. The van der Waals surface area contributed by atoms with Crippen LogP contribution >= 0.6 is 0 Å². The third kappa shape index (κ3) is 5.23. The molecule has 26 heavy (non-hydrogen) atoms. The molecule has 1 aromatic heterocycles. The number of amides is 2. The molecule has 2 aromatic rings. The maximum Gasteiger partial charge on any atom is 0.433 e. The Morgan fingerprint density at radius 1 is 1.08 bits per heavy atom. The van der Waals surface area contributed by atoms with Crippen LogP contribution in [0.5, 0.6) is 11.5 Å². The molecular formula is C16H17F3N4O3. The number of halogens is 3. The summed E-state index contributed by atoms with van der Waals surface area (Å²) in [5, 5.41) is 4.94. The van der Waals surface area contributed by atoms with E-state index in [2.05, 4.69) is 20.6 Å². The van der Waals surface area contributed by atoms with Crippen molar-refractivity contribution in [1.29, 1.82) is 0 Å². The number of aromatic nitrogens is 2. The zero-order valence-corrected chi connectivity index (χ0v) is 14.3. The lowest BCUT2D eigenvalue weighted by Gasteiger charge is -2.11. The normalized spacial score (nSPS) is 11.0. The van der Waals surface area contributed by atoms with Gasteiger partial charge in [-0.1, -0.05) is 0 Å². The molecule has 1 heterocycles. The number of nitrogens with one attached hydrogen (secondary N) is 2. The van der Waals surface area contributed by atoms with E-state index in [4.69, 9.17) is 9.47 Å². The minimum atomic E-state index is -4.58. The smallest absolute Gasteiger partial charge is 0.433 e. The summed E-state index contributed by atoms with van der Waals surface area (Å²) in [6.45, 7) is 1.15. The summed E-state index contributed by atoms with van der Waals surface area (Å²) in [6.07, 6.45) is -4.58. The average molecular weight is 370 g/mol. The van der Waals surface area contributed by atoms with Gasteiger partial charge in [-0.3, -0.25) is 0 Å². The first kappa shape index (κ1) is 19.3. The van der Waals surface area contributed by atoms with Gasteiger partial charge in [0, 0.05) is 29.6 Å². The summed E-state index contributed by atoms with van der Waals surface area (Å²) in [4.78, 5) is 19.3. The zero-order chi connectivity index (χ0) is 19.3. The number of carbonyl (C=O) groups is 1. The Labute approximate surface area is 147 Å². The molecule has 7 nitrogen and oxygen atoms in total. The Bertz CT molecular complexity index is 775. The van der Waals surface area contributed by atoms with Crippen LogP contribution in [-0.2, 0) is 12.7 Å². The third-order valence-corrected chi connectivity index (χ3v) is 3.21. The van der Waals surface area contributed by atoms with Crippen molar-refractivity contribution in [2.75, 3.05) is 19.5 Å². The molecule has 140 valence electrons. The van der Waals surface area contributed by atoms with E-state index in [-0.39, 0.29) is 18.1 Å². The largest absolute Gasteiger partial charge is 0.497 e. The minimum Gasteiger partial charge on any atom is -0.497 e. The van der Waals surface area contributed by atoms with Gasteiger partial charge in [0.1, 0.15) is 23.0 Å². The van der Waals surface area contributed by atoms with Crippen molar-refractivity contribution < 1.29 is 27.4 Å². The molecule has 0 unspecified atom stereocenters. The molecule has 0 saturated heterocycles. The molecule has 0 fully saturated rings. The summed E-state index contributed by atoms with van der Waals surface area (Å²) in [5.74, 6) is 0.795. The fraction of sp³-hybridized carbons (Fsp3) is 0.312. The van der Waals surface area contributed by atoms with Crippen molar-refractivity contribution in [1.82, 2.24) is 15.3 Å². The van der Waals surface area contributed by atoms with Gasteiger partial charge < -0.3 is 20.1 Å². The van der Waals surface area contributed by atoms with Gasteiger partial charge in [0.15, 0.2) is 0 Å². The van der Waals surface area contributed by atoms with E-state index in [0.29, 0.717) is 17.2 Å². The molecule has 2 rings (SSSR count). The van der Waals surface area contributed by atoms with E-state index < -0.39 is 17.9 Å². The predicted octanol–water partition coefficient (Wildman–Crippen LogP) is 3.14. The molecule has 0 radical (unpaired) electrons. The van der Waals surface area contributed by atoms with Gasteiger partial charge in [0.2, 0.25) is 0 Å². The maximum atomic E-state index is 12.8. The lowest BCUT2D eigenvalue weighted by Crippen LogP contribution is -2.29. The molecular weight excluding hydrogens is 353 g/mol. The number of ether oxygens (including phenoxy) is 2. The molecule has 0 aliphatic heterocycles. The van der Waals surface area contributed by atoms with Crippen molar-refractivity contribution in [3.63, 3.8) is 0 Å². The summed E-state index contributed by atoms with van der Waals surface area (Å²) >= 11 is 0. The molecule has 10 heteroatoms. The van der Waals surface area contributed by atoms with Crippen LogP contribution in [0.15, 0.2) is 24.3 Å². The molecule has 0 saturated carbocycles. The number of carbonyl (C=O) groups excluding carboxylic acids is 1. The molecule has 0 spiro atoms. The molecule has 0 atom stereocenters. The van der Waals surface area contributed by atoms with Crippen LogP contribution < -0.4 is 20.1 Å². The monoisotopic (exact) mass is 370 g/mol. The SMILES string of the molecule is COc1cc(NC(=O)NCc2nc(C)cc(C(F)(F)F)n2)cc(OC)c1. The second-order valence-corrected chi connectivity index (χ2v) is 5.22. The Morgan fingerprint density at radius 3 is 2.23 bits per heavy atom. The van der Waals surface area contributed by atoms with Crippen molar-refractivity contribution in [2.24, 2.45) is 0 Å². The standard InChI is InChI=1S/C16H17F3N4O3/c1-9-4-13(16(17,18)19)23-14(21-9)8-20-15(24)22-10-5-11(25-2)7-12(6-10)26-3/h4-7H,8H2,1-3H3,(H2,20,22,24). The first-order chi connectivity index (χ1) is 12.2. The van der Waals surface area contributed by atoms with E-state index in [1.165, 1.54) is 21.1 Å². The molecule has 2 amide bonds. The van der Waals surface area contributed by atoms with Crippen LogP contribution in [0, 0.1) is 6.92 Å². The van der Waals surface area contributed by atoms with Crippen LogP contribution in [0.25, 0.3) is 0 Å². The number of alkyl halides is 3. The minimum absolute atomic E-state index is 0.143. The van der Waals surface area contributed by atoms with Crippen molar-refractivity contribution in [3.8, 4) is 11.5 Å². The summed E-state index contributed by atoms with van der Waals surface area (Å²) in [5.41, 5.74) is -0.512. The number of urea groups is 1. The Kier molecular flexibility index (Phi) is 5.86. The molecule has 0 aliphatic carbocycles. The van der Waals surface area contributed by atoms with Crippen LogP contribution in [-0.4, -0.2) is 30.2 Å². The number of nitrogens with zero attached hydrogens (tertiary/aromatic N) is 2. The van der Waals surface area contributed by atoms with Crippen molar-refractivity contribution in [3.05, 3.63) is 41.5 Å². The maximum absolute atomic E-state index is 12.8. The Hall–Kier alpha value is -3.04. The van der Waals surface area contributed by atoms with E-state index in [0.717, 1.165) is 6.07 Å². The Morgan fingerprint density at radius 2 is 1.69 bits per heavy atom. The van der Waals surface area contributed by atoms with Gasteiger partial charge in [0.05, 0.1) is 20.8 Å². The van der Waals surface area contributed by atoms with Crippen LogP contribution in [0.3, 0.4) is 0 Å². The highest BCUT2D eigenvalue weighted by atomic mass is 19.4. The summed E-state index contributed by atoms with van der Waals surface area (Å²) in [7, 11) is 2.93. The van der Waals surface area contributed by atoms with Gasteiger partial charge in [-0.05, 0) is 13.0 Å². The van der Waals surface area contributed by atoms with Crippen molar-refractivity contribution in [2.45, 2.75) is 19.6 Å². The highest BCUT2D eigenvalue weighted by molar-refractivity contribution is 5.89. The third-order valence-electron chi connectivity index (χ3n) is 3.21. The number of methoxy groups -OCH3 is 2. The molecule has 0 aliphatic rings. The lowest BCUT2D eigenvalue weighted by atomic mass is 10.3. The van der Waals surface area contributed by atoms with E-state index in [1.54, 1.807) is 18.2 Å². The van der Waals surface area contributed by atoms with Crippen LogP contribution in [0.1, 0.15) is 17.2 Å². The van der Waals surface area contributed by atoms with Crippen molar-refractivity contribution >= 4 is 11.7 Å². The zero-order valence-electron chi connectivity index (χ0n) is 14.3. The van der Waals surface area contributed by atoms with Gasteiger partial charge in [-0.15, -0.1) is 0 Å². The van der Waals surface area contributed by atoms with Gasteiger partial charge in [0.25, 0.3) is 0 Å². The number of hydrogen-bond donors (Lipinski definition) is 2. The quantitative estimate of drug-likeness (QED) is 0.845. The second kappa shape index (κ2) is 7.89. The van der Waals surface area contributed by atoms with E-state index in [1.807, 2.05) is 0 Å². The molecule has 0 bridgehead atoms. The average Bonchev–Trinajstić information content (AvgIpc) is 2.58. The summed E-state index contributed by atoms with van der Waals surface area (Å²) in [6, 6.07) is 4.95. The highest BCUT2D eigenvalue weighted by Gasteiger charge is 2.33. The fourth-order valence-corrected chi connectivity index (χ4v) is 2.07. The fourth-order valence-electron chi connectivity index (χ4n) is 2.07. The topological polar surface area (TPSA) is 85.4 Å². The molecule has 2 N–H and O–H groups in total. The number of hydrogen-bond acceptors (Lipinski definition) is 5. The highest BCUT2D eigenvalue weighted by Crippen LogP contribution is 2.28. The molecule has 1 aromatic carbocycles. The van der Waals surface area contributed by atoms with E-state index >= 15 is 0 Å². The number of benzene rings is 1. The lowest BCUT2D eigenvalue weighted by molar-refractivity contribution is -0.141. The van der Waals surface area contributed by atoms with Gasteiger partial charge in [-0.2, -0.15) is 13.2 Å². The predicted molar refractivity (Wildman–Crippen MR) is 87.2 cm³/mol. The Balaban J connectivity index is 2.04. The first-order valence-electron chi connectivity index (χ1n) is 7.41. The number of anilines is 1. The van der Waals surface area contributed by atoms with Crippen LogP contribution in [0.4, 0.5) is 23.7 Å². The summed E-state index contributed by atoms with van der Waals surface area (Å²) < 4.78 is 48.5. The van der Waals surface area contributed by atoms with Gasteiger partial charge in [-0.25, -0.2) is 14.8 Å². The van der Waals surface area contributed by atoms with Gasteiger partial charge >= 0.3 is 12.2 Å². The number of rotatable bonds is 5. The second-order valence-electron chi connectivity index (χ2n) is 5.22. The van der Waals surface area contributed by atoms with Crippen LogP contribution in [0.2, 0.25) is 0 Å². The first-order valence-corrected chi connectivity index (χ1v) is 7.41. The van der Waals surface area contributed by atoms with E-state index in [9.17, 15) is 18.0 Å².